The van der Waals surface area contributed by atoms with E-state index in [0.717, 1.165) is 10.6 Å². The first-order valence-corrected chi connectivity index (χ1v) is 10.1. The summed E-state index contributed by atoms with van der Waals surface area (Å²) in [5.41, 5.74) is 1.52. The fourth-order valence-corrected chi connectivity index (χ4v) is 4.19. The van der Waals surface area contributed by atoms with E-state index in [4.69, 9.17) is 4.42 Å². The Kier molecular flexibility index (Phi) is 5.53. The van der Waals surface area contributed by atoms with E-state index in [-0.39, 0.29) is 36.2 Å². The summed E-state index contributed by atoms with van der Waals surface area (Å²) < 4.78 is 5.08. The average Bonchev–Trinajstić information content (AvgIpc) is 3.41. The first-order valence-electron chi connectivity index (χ1n) is 9.29. The highest BCUT2D eigenvalue weighted by Gasteiger charge is 2.25. The van der Waals surface area contributed by atoms with E-state index in [2.05, 4.69) is 10.3 Å². The lowest BCUT2D eigenvalue weighted by Crippen LogP contribution is -2.35. The number of anilines is 1. The number of fused-ring (bicyclic) bond motifs is 1. The summed E-state index contributed by atoms with van der Waals surface area (Å²) in [6, 6.07) is 12.2. The van der Waals surface area contributed by atoms with Crippen LogP contribution in [0, 0.1) is 0 Å². The number of nitrogens with one attached hydrogen (secondary N) is 1. The highest BCUT2D eigenvalue weighted by molar-refractivity contribution is 7.15. The Balaban J connectivity index is 1.33. The van der Waals surface area contributed by atoms with Crippen molar-refractivity contribution >= 4 is 34.1 Å². The minimum Gasteiger partial charge on any atom is -0.459 e. The van der Waals surface area contributed by atoms with Crippen molar-refractivity contribution in [2.24, 2.45) is 0 Å². The van der Waals surface area contributed by atoms with Crippen molar-refractivity contribution in [1.82, 2.24) is 9.88 Å². The summed E-state index contributed by atoms with van der Waals surface area (Å²) in [6.45, 7) is 1.00. The zero-order chi connectivity index (χ0) is 20.2. The topological polar surface area (TPSA) is 92.5 Å². The van der Waals surface area contributed by atoms with Gasteiger partial charge in [-0.05, 0) is 12.1 Å². The first kappa shape index (κ1) is 19.1. The van der Waals surface area contributed by atoms with Gasteiger partial charge in [0, 0.05) is 36.2 Å². The number of rotatable bonds is 6. The molecule has 4 rings (SSSR count). The third-order valence-corrected chi connectivity index (χ3v) is 5.71. The maximum Gasteiger partial charge on any atom is 0.293 e. The maximum absolute atomic E-state index is 12.6. The van der Waals surface area contributed by atoms with Crippen molar-refractivity contribution < 1.29 is 18.8 Å². The largest absolute Gasteiger partial charge is 0.459 e. The SMILES string of the molecule is O=C(CCC(=O)N1CCc2nc(NC(=O)c3ccco3)sc2C1)c1ccccc1. The van der Waals surface area contributed by atoms with Crippen LogP contribution in [-0.4, -0.2) is 34.0 Å². The molecule has 3 heterocycles. The molecule has 0 unspecified atom stereocenters. The minimum absolute atomic E-state index is 0.0302. The molecule has 1 N–H and O–H groups in total. The molecular weight excluding hydrogens is 390 g/mol. The van der Waals surface area contributed by atoms with Crippen LogP contribution < -0.4 is 5.32 Å². The average molecular weight is 409 g/mol. The normalized spacial score (nSPS) is 13.0. The zero-order valence-electron chi connectivity index (χ0n) is 15.6. The van der Waals surface area contributed by atoms with Crippen molar-refractivity contribution in [1.29, 1.82) is 0 Å². The molecule has 0 atom stereocenters. The number of ketones is 1. The smallest absolute Gasteiger partial charge is 0.293 e. The molecule has 0 saturated carbocycles. The summed E-state index contributed by atoms with van der Waals surface area (Å²) in [6.07, 6.45) is 2.44. The van der Waals surface area contributed by atoms with Crippen molar-refractivity contribution in [3.8, 4) is 0 Å². The van der Waals surface area contributed by atoms with Gasteiger partial charge in [-0.15, -0.1) is 0 Å². The molecule has 1 aromatic carbocycles. The van der Waals surface area contributed by atoms with Gasteiger partial charge in [0.15, 0.2) is 16.7 Å². The Morgan fingerprint density at radius 1 is 1.10 bits per heavy atom. The van der Waals surface area contributed by atoms with Gasteiger partial charge in [0.2, 0.25) is 5.91 Å². The predicted octanol–water partition coefficient (Wildman–Crippen LogP) is 3.54. The molecule has 7 nitrogen and oxygen atoms in total. The molecule has 1 aliphatic rings. The third kappa shape index (κ3) is 4.43. The highest BCUT2D eigenvalue weighted by Crippen LogP contribution is 2.29. The van der Waals surface area contributed by atoms with Gasteiger partial charge in [-0.3, -0.25) is 19.7 Å². The van der Waals surface area contributed by atoms with Crippen LogP contribution in [0.2, 0.25) is 0 Å². The molecule has 0 saturated heterocycles. The third-order valence-electron chi connectivity index (χ3n) is 4.71. The molecule has 0 bridgehead atoms. The molecule has 0 radical (unpaired) electrons. The second kappa shape index (κ2) is 8.40. The number of nitrogens with zero attached hydrogens (tertiary/aromatic N) is 2. The number of furan rings is 1. The van der Waals surface area contributed by atoms with Crippen LogP contribution in [0.3, 0.4) is 0 Å². The predicted molar refractivity (Wildman–Crippen MR) is 108 cm³/mol. The number of Topliss-reactive ketones (excluding diaryl/α,β-unsaturated/α-hetero) is 1. The van der Waals surface area contributed by atoms with E-state index < -0.39 is 0 Å². The molecule has 148 valence electrons. The number of hydrogen-bond donors (Lipinski definition) is 1. The van der Waals surface area contributed by atoms with E-state index >= 15 is 0 Å². The van der Waals surface area contributed by atoms with Gasteiger partial charge < -0.3 is 9.32 Å². The Morgan fingerprint density at radius 3 is 2.69 bits per heavy atom. The number of hydrogen-bond acceptors (Lipinski definition) is 6. The van der Waals surface area contributed by atoms with E-state index in [1.165, 1.54) is 17.6 Å². The van der Waals surface area contributed by atoms with Gasteiger partial charge in [-0.1, -0.05) is 41.7 Å². The van der Waals surface area contributed by atoms with Crippen molar-refractivity contribution in [3.63, 3.8) is 0 Å². The first-order chi connectivity index (χ1) is 14.1. The summed E-state index contributed by atoms with van der Waals surface area (Å²) in [4.78, 5) is 44.0. The lowest BCUT2D eigenvalue weighted by Gasteiger charge is -2.26. The second-order valence-corrected chi connectivity index (χ2v) is 7.76. The molecule has 2 aromatic heterocycles. The number of thiazole rings is 1. The van der Waals surface area contributed by atoms with Crippen LogP contribution >= 0.6 is 11.3 Å². The van der Waals surface area contributed by atoms with Gasteiger partial charge >= 0.3 is 0 Å². The van der Waals surface area contributed by atoms with Crippen LogP contribution in [0.15, 0.2) is 53.1 Å². The Hall–Kier alpha value is -3.26. The van der Waals surface area contributed by atoms with Gasteiger partial charge in [-0.2, -0.15) is 0 Å². The molecule has 29 heavy (non-hydrogen) atoms. The van der Waals surface area contributed by atoms with Crippen LogP contribution in [0.25, 0.3) is 0 Å². The van der Waals surface area contributed by atoms with Crippen molar-refractivity contribution in [3.05, 3.63) is 70.6 Å². The Labute approximate surface area is 171 Å². The van der Waals surface area contributed by atoms with Crippen LogP contribution in [0.4, 0.5) is 5.13 Å². The molecular formula is C21H19N3O4S. The number of carbonyl (C=O) groups is 3. The van der Waals surface area contributed by atoms with Gasteiger partial charge in [-0.25, -0.2) is 4.98 Å². The number of aromatic nitrogens is 1. The van der Waals surface area contributed by atoms with E-state index in [1.54, 1.807) is 29.2 Å². The summed E-state index contributed by atoms with van der Waals surface area (Å²) in [7, 11) is 0. The summed E-state index contributed by atoms with van der Waals surface area (Å²) >= 11 is 1.36. The summed E-state index contributed by atoms with van der Waals surface area (Å²) in [5, 5.41) is 3.22. The van der Waals surface area contributed by atoms with Crippen LogP contribution in [0.5, 0.6) is 0 Å². The monoisotopic (exact) mass is 409 g/mol. The van der Waals surface area contributed by atoms with Gasteiger partial charge in [0.1, 0.15) is 0 Å². The molecule has 1 aliphatic heterocycles. The zero-order valence-corrected chi connectivity index (χ0v) is 16.4. The lowest BCUT2D eigenvalue weighted by atomic mass is 10.1. The van der Waals surface area contributed by atoms with Crippen LogP contribution in [0.1, 0.15) is 44.3 Å². The maximum atomic E-state index is 12.6. The molecule has 0 aliphatic carbocycles. The number of benzene rings is 1. The van der Waals surface area contributed by atoms with Gasteiger partial charge in [0.25, 0.3) is 5.91 Å². The molecule has 2 amide bonds. The minimum atomic E-state index is -0.353. The standard InChI is InChI=1S/C21H19N3O4S/c25-16(14-5-2-1-3-6-14)8-9-19(26)24-11-10-15-18(13-24)29-21(22-15)23-20(27)17-7-4-12-28-17/h1-7,12H,8-11,13H2,(H,22,23,27). The van der Waals surface area contributed by atoms with E-state index in [9.17, 15) is 14.4 Å². The molecule has 0 spiro atoms. The fraction of sp³-hybridized carbons (Fsp3) is 0.238. The lowest BCUT2D eigenvalue weighted by molar-refractivity contribution is -0.132. The number of amides is 2. The van der Waals surface area contributed by atoms with Crippen molar-refractivity contribution in [2.75, 3.05) is 11.9 Å². The number of carbonyl (C=O) groups excluding carboxylic acids is 3. The molecule has 3 aromatic rings. The second-order valence-electron chi connectivity index (χ2n) is 6.67. The summed E-state index contributed by atoms with van der Waals surface area (Å²) in [5.74, 6) is -0.210. The Bertz CT molecular complexity index is 1030. The molecule has 8 heteroatoms. The van der Waals surface area contributed by atoms with Gasteiger partial charge in [0.05, 0.1) is 18.5 Å². The quantitative estimate of drug-likeness (QED) is 0.629. The van der Waals surface area contributed by atoms with Crippen molar-refractivity contribution in [2.45, 2.75) is 25.8 Å². The molecule has 0 fully saturated rings. The van der Waals surface area contributed by atoms with E-state index in [0.29, 0.717) is 30.2 Å². The highest BCUT2D eigenvalue weighted by atomic mass is 32.1. The van der Waals surface area contributed by atoms with E-state index in [1.807, 2.05) is 18.2 Å². The van der Waals surface area contributed by atoms with Crippen LogP contribution in [-0.2, 0) is 17.8 Å². The fourth-order valence-electron chi connectivity index (χ4n) is 3.18. The Morgan fingerprint density at radius 2 is 1.93 bits per heavy atom.